The Labute approximate surface area is 116 Å². The third-order valence-electron chi connectivity index (χ3n) is 3.24. The fraction of sp³-hybridized carbons (Fsp3) is 0.200. The molecule has 0 saturated carbocycles. The number of hydrogen-bond acceptors (Lipinski definition) is 3. The molecule has 0 aliphatic carbocycles. The van der Waals surface area contributed by atoms with E-state index in [9.17, 15) is 14.3 Å². The zero-order valence-electron chi connectivity index (χ0n) is 11.2. The maximum atomic E-state index is 13.3. The summed E-state index contributed by atoms with van der Waals surface area (Å²) < 4.78 is 13.3. The Bertz CT molecular complexity index is 645. The van der Waals surface area contributed by atoms with E-state index in [1.54, 1.807) is 12.1 Å². The average Bonchev–Trinajstić information content (AvgIpc) is 2.41. The lowest BCUT2D eigenvalue weighted by molar-refractivity contribution is -0.142. The van der Waals surface area contributed by atoms with Crippen LogP contribution in [-0.4, -0.2) is 16.1 Å². The van der Waals surface area contributed by atoms with E-state index < -0.39 is 17.3 Å². The molecule has 2 N–H and O–H groups in total. The molecule has 1 aromatic heterocycles. The summed E-state index contributed by atoms with van der Waals surface area (Å²) in [5.74, 6) is -1.67. The van der Waals surface area contributed by atoms with E-state index in [1.165, 1.54) is 19.2 Å². The average molecular weight is 274 g/mol. The van der Waals surface area contributed by atoms with Crippen molar-refractivity contribution >= 4 is 11.7 Å². The second-order valence-electron chi connectivity index (χ2n) is 4.76. The number of carboxylic acids is 1. The molecular weight excluding hydrogens is 259 g/mol. The predicted octanol–water partition coefficient (Wildman–Crippen LogP) is 2.94. The fourth-order valence-electron chi connectivity index (χ4n) is 1.92. The number of hydrogen-bond donors (Lipinski definition) is 2. The number of rotatable bonds is 4. The van der Waals surface area contributed by atoms with Gasteiger partial charge in [-0.15, -0.1) is 0 Å². The van der Waals surface area contributed by atoms with Crippen LogP contribution in [0.2, 0.25) is 0 Å². The Morgan fingerprint density at radius 2 is 2.05 bits per heavy atom. The molecule has 0 amide bonds. The maximum Gasteiger partial charge on any atom is 0.333 e. The number of benzene rings is 1. The molecule has 0 aliphatic rings. The summed E-state index contributed by atoms with van der Waals surface area (Å²) in [5.41, 5.74) is 0.389. The molecule has 104 valence electrons. The number of para-hydroxylation sites is 1. The smallest absolute Gasteiger partial charge is 0.333 e. The molecule has 1 unspecified atom stereocenters. The van der Waals surface area contributed by atoms with Gasteiger partial charge in [-0.2, -0.15) is 0 Å². The van der Waals surface area contributed by atoms with Crippen LogP contribution < -0.4 is 5.32 Å². The number of carboxylic acid groups (broad SMARTS) is 1. The van der Waals surface area contributed by atoms with Gasteiger partial charge in [0.15, 0.2) is 5.54 Å². The lowest BCUT2D eigenvalue weighted by Gasteiger charge is -2.28. The summed E-state index contributed by atoms with van der Waals surface area (Å²) in [4.78, 5) is 15.4. The zero-order valence-corrected chi connectivity index (χ0v) is 11.2. The molecule has 20 heavy (non-hydrogen) atoms. The summed E-state index contributed by atoms with van der Waals surface area (Å²) in [6.45, 7) is 3.35. The molecular formula is C15H15FN2O2. The molecule has 2 aromatic rings. The highest BCUT2D eigenvalue weighted by atomic mass is 19.1. The minimum absolute atomic E-state index is 0.258. The largest absolute Gasteiger partial charge is 0.479 e. The summed E-state index contributed by atoms with van der Waals surface area (Å²) in [5, 5.41) is 12.5. The lowest BCUT2D eigenvalue weighted by atomic mass is 9.92. The molecule has 0 fully saturated rings. The highest BCUT2D eigenvalue weighted by Gasteiger charge is 2.36. The van der Waals surface area contributed by atoms with E-state index in [2.05, 4.69) is 10.3 Å². The van der Waals surface area contributed by atoms with Crippen molar-refractivity contribution in [3.05, 3.63) is 59.7 Å². The number of nitrogens with zero attached hydrogens (tertiary/aromatic N) is 1. The van der Waals surface area contributed by atoms with Crippen LogP contribution >= 0.6 is 0 Å². The quantitative estimate of drug-likeness (QED) is 0.899. The summed E-state index contributed by atoms with van der Waals surface area (Å²) >= 11 is 0. The van der Waals surface area contributed by atoms with Crippen molar-refractivity contribution in [1.82, 2.24) is 4.98 Å². The van der Waals surface area contributed by atoms with Crippen molar-refractivity contribution in [3.8, 4) is 0 Å². The Balaban J connectivity index is 2.46. The van der Waals surface area contributed by atoms with Crippen LogP contribution in [0, 0.1) is 12.7 Å². The molecule has 1 atom stereocenters. The first-order valence-corrected chi connectivity index (χ1v) is 6.12. The van der Waals surface area contributed by atoms with E-state index in [4.69, 9.17) is 0 Å². The third kappa shape index (κ3) is 2.61. The van der Waals surface area contributed by atoms with Crippen LogP contribution in [0.3, 0.4) is 0 Å². The van der Waals surface area contributed by atoms with Crippen LogP contribution in [0.4, 0.5) is 10.1 Å². The van der Waals surface area contributed by atoms with Crippen molar-refractivity contribution in [1.29, 1.82) is 0 Å². The lowest BCUT2D eigenvalue weighted by Crippen LogP contribution is -2.40. The predicted molar refractivity (Wildman–Crippen MR) is 74.0 cm³/mol. The van der Waals surface area contributed by atoms with Gasteiger partial charge in [0.2, 0.25) is 0 Å². The van der Waals surface area contributed by atoms with Gasteiger partial charge in [-0.3, -0.25) is 4.98 Å². The zero-order chi connectivity index (χ0) is 14.8. The number of pyridine rings is 1. The van der Waals surface area contributed by atoms with Gasteiger partial charge in [-0.1, -0.05) is 18.2 Å². The number of carbonyl (C=O) groups is 1. The Morgan fingerprint density at radius 3 is 2.65 bits per heavy atom. The van der Waals surface area contributed by atoms with Crippen LogP contribution in [0.5, 0.6) is 0 Å². The molecule has 1 heterocycles. The van der Waals surface area contributed by atoms with E-state index in [-0.39, 0.29) is 5.56 Å². The van der Waals surface area contributed by atoms with Crippen LogP contribution in [-0.2, 0) is 10.3 Å². The molecule has 0 spiro atoms. The van der Waals surface area contributed by atoms with Crippen molar-refractivity contribution in [3.63, 3.8) is 0 Å². The monoisotopic (exact) mass is 274 g/mol. The highest BCUT2D eigenvalue weighted by Crippen LogP contribution is 2.28. The van der Waals surface area contributed by atoms with Crippen molar-refractivity contribution < 1.29 is 14.3 Å². The second kappa shape index (κ2) is 5.28. The van der Waals surface area contributed by atoms with E-state index in [0.717, 1.165) is 11.8 Å². The minimum Gasteiger partial charge on any atom is -0.479 e. The SMILES string of the molecule is Cc1ccccc1NC(C)(C(=O)O)c1cncc(F)c1. The number of halogens is 1. The van der Waals surface area contributed by atoms with E-state index in [0.29, 0.717) is 5.69 Å². The van der Waals surface area contributed by atoms with Crippen molar-refractivity contribution in [2.75, 3.05) is 5.32 Å². The number of aromatic nitrogens is 1. The highest BCUT2D eigenvalue weighted by molar-refractivity contribution is 5.84. The van der Waals surface area contributed by atoms with Gasteiger partial charge in [0.25, 0.3) is 0 Å². The normalized spacial score (nSPS) is 13.6. The van der Waals surface area contributed by atoms with E-state index in [1.807, 2.05) is 19.1 Å². The standard InChI is InChI=1S/C15H15FN2O2/c1-10-5-3-4-6-13(10)18-15(2,14(19)20)11-7-12(16)9-17-8-11/h3-9,18H,1-2H3,(H,19,20). The summed E-state index contributed by atoms with van der Waals surface area (Å²) in [7, 11) is 0. The molecule has 1 aromatic carbocycles. The Hall–Kier alpha value is -2.43. The van der Waals surface area contributed by atoms with Gasteiger partial charge in [-0.25, -0.2) is 9.18 Å². The van der Waals surface area contributed by atoms with Gasteiger partial charge in [0.1, 0.15) is 5.82 Å². The number of aryl methyl sites for hydroxylation is 1. The van der Waals surface area contributed by atoms with Crippen molar-refractivity contribution in [2.45, 2.75) is 19.4 Å². The van der Waals surface area contributed by atoms with Gasteiger partial charge >= 0.3 is 5.97 Å². The molecule has 0 saturated heterocycles. The Morgan fingerprint density at radius 1 is 1.35 bits per heavy atom. The molecule has 4 nitrogen and oxygen atoms in total. The van der Waals surface area contributed by atoms with Gasteiger partial charge in [0, 0.05) is 17.4 Å². The molecule has 0 radical (unpaired) electrons. The minimum atomic E-state index is -1.46. The van der Waals surface area contributed by atoms with Gasteiger partial charge < -0.3 is 10.4 Å². The van der Waals surface area contributed by atoms with E-state index >= 15 is 0 Å². The van der Waals surface area contributed by atoms with Crippen molar-refractivity contribution in [2.24, 2.45) is 0 Å². The fourth-order valence-corrected chi connectivity index (χ4v) is 1.92. The second-order valence-corrected chi connectivity index (χ2v) is 4.76. The van der Waals surface area contributed by atoms with Crippen LogP contribution in [0.25, 0.3) is 0 Å². The Kier molecular flexibility index (Phi) is 3.70. The molecule has 5 heteroatoms. The summed E-state index contributed by atoms with van der Waals surface area (Å²) in [6, 6.07) is 8.49. The first-order chi connectivity index (χ1) is 9.43. The topological polar surface area (TPSA) is 62.2 Å². The number of aliphatic carboxylic acids is 1. The van der Waals surface area contributed by atoms with Crippen LogP contribution in [0.15, 0.2) is 42.7 Å². The first-order valence-electron chi connectivity index (χ1n) is 6.12. The van der Waals surface area contributed by atoms with Crippen LogP contribution in [0.1, 0.15) is 18.1 Å². The first kappa shape index (κ1) is 14.0. The third-order valence-corrected chi connectivity index (χ3v) is 3.24. The number of nitrogens with one attached hydrogen (secondary N) is 1. The molecule has 2 rings (SSSR count). The summed E-state index contributed by atoms with van der Waals surface area (Å²) in [6.07, 6.45) is 2.39. The molecule has 0 bridgehead atoms. The van der Waals surface area contributed by atoms with Gasteiger partial charge in [0.05, 0.1) is 6.20 Å². The number of anilines is 1. The molecule has 0 aliphatic heterocycles. The van der Waals surface area contributed by atoms with Gasteiger partial charge in [-0.05, 0) is 31.5 Å². The maximum absolute atomic E-state index is 13.3.